The van der Waals surface area contributed by atoms with Crippen LogP contribution in [0.5, 0.6) is 0 Å². The molecule has 1 aromatic carbocycles. The van der Waals surface area contributed by atoms with E-state index in [1.807, 2.05) is 0 Å². The van der Waals surface area contributed by atoms with Crippen LogP contribution in [0.1, 0.15) is 62.5 Å². The molecule has 5 fully saturated rings. The van der Waals surface area contributed by atoms with Gasteiger partial charge in [0.25, 0.3) is 0 Å². The predicted molar refractivity (Wildman–Crippen MR) is 101 cm³/mol. The fourth-order valence-corrected chi connectivity index (χ4v) is 7.15. The first kappa shape index (κ1) is 16.1. The molecule has 0 amide bonds. The van der Waals surface area contributed by atoms with Gasteiger partial charge in [0.15, 0.2) is 5.78 Å². The zero-order valence-electron chi connectivity index (χ0n) is 15.6. The molecule has 0 N–H and O–H groups in total. The molecule has 25 heavy (non-hydrogen) atoms. The van der Waals surface area contributed by atoms with Crippen LogP contribution in [-0.4, -0.2) is 30.3 Å². The monoisotopic (exact) mass is 337 g/mol. The third-order valence-corrected chi connectivity index (χ3v) is 7.88. The number of likely N-dealkylation sites (tertiary alicyclic amines) is 1. The van der Waals surface area contributed by atoms with Crippen LogP contribution in [0.25, 0.3) is 0 Å². The molecular weight excluding hydrogens is 306 g/mol. The van der Waals surface area contributed by atoms with E-state index in [1.54, 1.807) is 0 Å². The van der Waals surface area contributed by atoms with E-state index >= 15 is 0 Å². The number of rotatable bonds is 4. The van der Waals surface area contributed by atoms with E-state index in [-0.39, 0.29) is 5.41 Å². The Bertz CT molecular complexity index is 656. The molecule has 0 radical (unpaired) electrons. The number of carbonyl (C=O) groups is 1. The van der Waals surface area contributed by atoms with Crippen molar-refractivity contribution in [2.45, 2.75) is 63.7 Å². The minimum Gasteiger partial charge on any atom is -0.298 e. The van der Waals surface area contributed by atoms with Gasteiger partial charge < -0.3 is 0 Å². The van der Waals surface area contributed by atoms with Gasteiger partial charge in [0.1, 0.15) is 0 Å². The third-order valence-electron chi connectivity index (χ3n) is 7.88. The summed E-state index contributed by atoms with van der Waals surface area (Å²) in [5.74, 6) is 2.15. The lowest BCUT2D eigenvalue weighted by Crippen LogP contribution is -2.58. The molecule has 1 aliphatic heterocycles. The Labute approximate surface area is 152 Å². The summed E-state index contributed by atoms with van der Waals surface area (Å²) in [5, 5.41) is 0. The minimum absolute atomic E-state index is 0.00242. The first-order chi connectivity index (χ1) is 12.1. The maximum absolute atomic E-state index is 13.4. The molecule has 1 heterocycles. The molecule has 4 saturated carbocycles. The molecular formula is C23H31NO. The molecule has 134 valence electrons. The minimum atomic E-state index is -0.00242. The van der Waals surface area contributed by atoms with E-state index in [4.69, 9.17) is 0 Å². The van der Waals surface area contributed by atoms with Crippen molar-refractivity contribution in [1.82, 2.24) is 4.90 Å². The van der Waals surface area contributed by atoms with Crippen molar-refractivity contribution in [2.75, 3.05) is 19.6 Å². The quantitative estimate of drug-likeness (QED) is 0.806. The van der Waals surface area contributed by atoms with Crippen molar-refractivity contribution in [2.24, 2.45) is 17.3 Å². The van der Waals surface area contributed by atoms with E-state index in [2.05, 4.69) is 36.1 Å². The lowest BCUT2D eigenvalue weighted by molar-refractivity contribution is -0.147. The Balaban J connectivity index is 1.45. The second-order valence-electron chi connectivity index (χ2n) is 9.79. The first-order valence-corrected chi connectivity index (χ1v) is 10.4. The summed E-state index contributed by atoms with van der Waals surface area (Å²) in [6.45, 7) is 5.17. The van der Waals surface area contributed by atoms with Gasteiger partial charge in [-0.25, -0.2) is 0 Å². The van der Waals surface area contributed by atoms with Crippen LogP contribution in [0.4, 0.5) is 0 Å². The molecule has 5 aliphatic rings. The highest BCUT2D eigenvalue weighted by Crippen LogP contribution is 2.66. The summed E-state index contributed by atoms with van der Waals surface area (Å²) in [6, 6.07) is 9.27. The number of ketones is 1. The van der Waals surface area contributed by atoms with Gasteiger partial charge in [-0.15, -0.1) is 0 Å². The van der Waals surface area contributed by atoms with Gasteiger partial charge in [-0.3, -0.25) is 9.69 Å². The van der Waals surface area contributed by atoms with Crippen molar-refractivity contribution in [3.05, 3.63) is 35.4 Å². The Morgan fingerprint density at radius 2 is 1.68 bits per heavy atom. The van der Waals surface area contributed by atoms with Crippen LogP contribution in [0.2, 0.25) is 0 Å². The fraction of sp³-hybridized carbons (Fsp3) is 0.696. The second kappa shape index (κ2) is 5.67. The van der Waals surface area contributed by atoms with Crippen molar-refractivity contribution in [1.29, 1.82) is 0 Å². The molecule has 0 unspecified atom stereocenters. The highest BCUT2D eigenvalue weighted by Gasteiger charge is 2.60. The lowest BCUT2D eigenvalue weighted by Gasteiger charge is -2.62. The normalized spacial score (nSPS) is 39.9. The van der Waals surface area contributed by atoms with Crippen molar-refractivity contribution in [3.8, 4) is 0 Å². The van der Waals surface area contributed by atoms with Crippen molar-refractivity contribution < 1.29 is 4.79 Å². The Morgan fingerprint density at radius 3 is 2.32 bits per heavy atom. The highest BCUT2D eigenvalue weighted by molar-refractivity contribution is 5.87. The average Bonchev–Trinajstić information content (AvgIpc) is 3.07. The van der Waals surface area contributed by atoms with E-state index in [9.17, 15) is 4.79 Å². The molecule has 1 aromatic rings. The smallest absolute Gasteiger partial charge is 0.153 e. The van der Waals surface area contributed by atoms with Crippen molar-refractivity contribution in [3.63, 3.8) is 0 Å². The fourth-order valence-electron chi connectivity index (χ4n) is 7.15. The van der Waals surface area contributed by atoms with Gasteiger partial charge in [0.2, 0.25) is 0 Å². The number of carbonyl (C=O) groups excluding carboxylic acids is 1. The van der Waals surface area contributed by atoms with E-state index in [0.717, 1.165) is 37.9 Å². The van der Waals surface area contributed by atoms with Crippen LogP contribution in [-0.2, 0) is 10.2 Å². The van der Waals surface area contributed by atoms with E-state index in [1.165, 1.54) is 56.1 Å². The van der Waals surface area contributed by atoms with Gasteiger partial charge in [-0.2, -0.15) is 0 Å². The number of Topliss-reactive ketones (excluding diaryl/α,β-unsaturated/α-hetero) is 1. The van der Waals surface area contributed by atoms with Gasteiger partial charge >= 0.3 is 0 Å². The molecule has 4 aliphatic carbocycles. The predicted octanol–water partition coefficient (Wildman–Crippen LogP) is 4.50. The Morgan fingerprint density at radius 1 is 1.04 bits per heavy atom. The number of aryl methyl sites for hydroxylation is 1. The first-order valence-electron chi connectivity index (χ1n) is 10.4. The van der Waals surface area contributed by atoms with E-state index < -0.39 is 0 Å². The molecule has 6 rings (SSSR count). The third kappa shape index (κ3) is 2.60. The standard InChI is InChI=1S/C23H31NO/c1-17-4-6-20(7-5-17)22-11-18-10-19(12-22)14-23(13-18,16-22)21(25)15-24-8-2-3-9-24/h4-7,18-19H,2-3,8-16H2,1H3/t18-,19-,22?,23?/m0/s1. The molecule has 0 spiro atoms. The number of hydrogen-bond donors (Lipinski definition) is 0. The summed E-state index contributed by atoms with van der Waals surface area (Å²) in [5.41, 5.74) is 3.15. The molecule has 1 saturated heterocycles. The van der Waals surface area contributed by atoms with Crippen LogP contribution < -0.4 is 0 Å². The van der Waals surface area contributed by atoms with Gasteiger partial charge in [0, 0.05) is 5.41 Å². The maximum Gasteiger partial charge on any atom is 0.153 e. The average molecular weight is 338 g/mol. The summed E-state index contributed by atoms with van der Waals surface area (Å²) in [6.07, 6.45) is 10.1. The zero-order valence-corrected chi connectivity index (χ0v) is 15.6. The van der Waals surface area contributed by atoms with Crippen molar-refractivity contribution >= 4 is 5.78 Å². The maximum atomic E-state index is 13.4. The van der Waals surface area contributed by atoms with Crippen LogP contribution in [0.3, 0.4) is 0 Å². The van der Waals surface area contributed by atoms with Crippen LogP contribution in [0.15, 0.2) is 24.3 Å². The molecule has 2 heteroatoms. The van der Waals surface area contributed by atoms with E-state index in [0.29, 0.717) is 11.2 Å². The highest BCUT2D eigenvalue weighted by atomic mass is 16.1. The summed E-state index contributed by atoms with van der Waals surface area (Å²) >= 11 is 0. The summed E-state index contributed by atoms with van der Waals surface area (Å²) in [4.78, 5) is 15.9. The van der Waals surface area contributed by atoms with Crippen LogP contribution >= 0.6 is 0 Å². The van der Waals surface area contributed by atoms with Gasteiger partial charge in [-0.1, -0.05) is 29.8 Å². The lowest BCUT2D eigenvalue weighted by atomic mass is 9.42. The SMILES string of the molecule is Cc1ccc(C23C[C@@H]4C[C@H](CC(C(=O)CN5CCCC5)(C4)C2)C3)cc1. The Kier molecular flexibility index (Phi) is 3.64. The summed E-state index contributed by atoms with van der Waals surface area (Å²) in [7, 11) is 0. The number of hydrogen-bond acceptors (Lipinski definition) is 2. The molecule has 2 atom stereocenters. The summed E-state index contributed by atoms with van der Waals surface area (Å²) < 4.78 is 0. The number of nitrogens with zero attached hydrogens (tertiary/aromatic N) is 1. The topological polar surface area (TPSA) is 20.3 Å². The molecule has 2 nitrogen and oxygen atoms in total. The Hall–Kier alpha value is -1.15. The zero-order chi connectivity index (χ0) is 17.1. The van der Waals surface area contributed by atoms with Gasteiger partial charge in [0.05, 0.1) is 6.54 Å². The molecule has 0 aromatic heterocycles. The largest absolute Gasteiger partial charge is 0.298 e. The second-order valence-corrected chi connectivity index (χ2v) is 9.79. The number of benzene rings is 1. The van der Waals surface area contributed by atoms with Crippen LogP contribution in [0, 0.1) is 24.2 Å². The van der Waals surface area contributed by atoms with Gasteiger partial charge in [-0.05, 0) is 94.2 Å². The molecule has 4 bridgehead atoms.